The fourth-order valence-corrected chi connectivity index (χ4v) is 1.89. The Balaban J connectivity index is 2.45. The van der Waals surface area contributed by atoms with Crippen LogP contribution >= 0.6 is 11.6 Å². The highest BCUT2D eigenvalue weighted by Gasteiger charge is 2.05. The van der Waals surface area contributed by atoms with E-state index in [0.29, 0.717) is 6.42 Å². The van der Waals surface area contributed by atoms with Gasteiger partial charge < -0.3 is 9.64 Å². The molecule has 1 aromatic carbocycles. The molecule has 1 aromatic rings. The second-order valence-electron chi connectivity index (χ2n) is 4.46. The van der Waals surface area contributed by atoms with Gasteiger partial charge in [-0.3, -0.25) is 4.79 Å². The molecule has 0 saturated heterocycles. The van der Waals surface area contributed by atoms with Crippen molar-refractivity contribution in [3.05, 3.63) is 28.8 Å². The second-order valence-corrected chi connectivity index (χ2v) is 4.87. The quantitative estimate of drug-likeness (QED) is 0.762. The van der Waals surface area contributed by atoms with Crippen LogP contribution in [-0.4, -0.2) is 37.9 Å². The van der Waals surface area contributed by atoms with Crippen molar-refractivity contribution in [1.82, 2.24) is 4.90 Å². The van der Waals surface area contributed by atoms with E-state index < -0.39 is 0 Å². The number of halogens is 1. The Morgan fingerprint density at radius 2 is 2.11 bits per heavy atom. The molecule has 1 rings (SSSR count). The summed E-state index contributed by atoms with van der Waals surface area (Å²) in [5.74, 6) is 0.998. The summed E-state index contributed by atoms with van der Waals surface area (Å²) in [6, 6.07) is 5.73. The van der Waals surface area contributed by atoms with Crippen LogP contribution in [0.25, 0.3) is 0 Å². The van der Waals surface area contributed by atoms with Crippen LogP contribution in [0.5, 0.6) is 5.75 Å². The number of hydrogen-bond donors (Lipinski definition) is 0. The van der Waals surface area contributed by atoms with Gasteiger partial charge in [0.15, 0.2) is 0 Å². The van der Waals surface area contributed by atoms with E-state index in [1.165, 1.54) is 0 Å². The molecule has 100 valence electrons. The van der Waals surface area contributed by atoms with Crippen LogP contribution in [0.4, 0.5) is 0 Å². The molecule has 0 spiro atoms. The lowest BCUT2D eigenvalue weighted by Gasteiger charge is -2.16. The number of nitrogens with zero attached hydrogens (tertiary/aromatic N) is 1. The summed E-state index contributed by atoms with van der Waals surface area (Å²) in [7, 11) is 3.64. The van der Waals surface area contributed by atoms with Gasteiger partial charge in [-0.1, -0.05) is 17.7 Å². The molecule has 0 aromatic heterocycles. The summed E-state index contributed by atoms with van der Waals surface area (Å²) in [5, 5.41) is 0.731. The van der Waals surface area contributed by atoms with Crippen molar-refractivity contribution in [3.63, 3.8) is 0 Å². The van der Waals surface area contributed by atoms with Gasteiger partial charge in [-0.2, -0.15) is 0 Å². The molecule has 0 heterocycles. The predicted molar refractivity (Wildman–Crippen MR) is 74.5 cm³/mol. The largest absolute Gasteiger partial charge is 0.497 e. The number of carbonyl (C=O) groups excluding carboxylic acids is 1. The van der Waals surface area contributed by atoms with Crippen molar-refractivity contribution < 1.29 is 9.53 Å². The van der Waals surface area contributed by atoms with Crippen LogP contribution in [0.15, 0.2) is 18.2 Å². The Bertz CT molecular complexity index is 407. The third-order valence-corrected chi connectivity index (χ3v) is 3.22. The van der Waals surface area contributed by atoms with Crippen molar-refractivity contribution in [2.24, 2.45) is 0 Å². The average molecular weight is 270 g/mol. The third-order valence-electron chi connectivity index (χ3n) is 2.87. The van der Waals surface area contributed by atoms with Crippen LogP contribution in [0, 0.1) is 0 Å². The lowest BCUT2D eigenvalue weighted by Crippen LogP contribution is -2.23. The van der Waals surface area contributed by atoms with Crippen LogP contribution in [0.3, 0.4) is 0 Å². The van der Waals surface area contributed by atoms with Crippen molar-refractivity contribution >= 4 is 17.4 Å². The molecule has 3 nitrogen and oxygen atoms in total. The van der Waals surface area contributed by atoms with Gasteiger partial charge in [-0.05, 0) is 38.1 Å². The maximum absolute atomic E-state index is 10.9. The monoisotopic (exact) mass is 269 g/mol. The molecule has 0 amide bonds. The van der Waals surface area contributed by atoms with Crippen molar-refractivity contribution in [1.29, 1.82) is 0 Å². The molecule has 0 radical (unpaired) electrons. The van der Waals surface area contributed by atoms with E-state index in [1.807, 2.05) is 25.2 Å². The summed E-state index contributed by atoms with van der Waals surface area (Å²) in [6.07, 6.45) is 1.48. The minimum atomic E-state index is 0.226. The first-order valence-corrected chi connectivity index (χ1v) is 6.41. The Kier molecular flexibility index (Phi) is 6.16. The fraction of sp³-hybridized carbons (Fsp3) is 0.500. The maximum Gasteiger partial charge on any atom is 0.131 e. The molecule has 18 heavy (non-hydrogen) atoms. The average Bonchev–Trinajstić information content (AvgIpc) is 2.34. The van der Waals surface area contributed by atoms with Gasteiger partial charge >= 0.3 is 0 Å². The number of ketones is 1. The van der Waals surface area contributed by atoms with E-state index in [1.54, 1.807) is 14.0 Å². The topological polar surface area (TPSA) is 29.5 Å². The van der Waals surface area contributed by atoms with E-state index in [-0.39, 0.29) is 5.78 Å². The van der Waals surface area contributed by atoms with Crippen molar-refractivity contribution in [2.45, 2.75) is 19.8 Å². The van der Waals surface area contributed by atoms with E-state index in [0.717, 1.165) is 35.8 Å². The van der Waals surface area contributed by atoms with E-state index >= 15 is 0 Å². The smallest absolute Gasteiger partial charge is 0.131 e. The first kappa shape index (κ1) is 15.0. The molecule has 0 N–H and O–H groups in total. The summed E-state index contributed by atoms with van der Waals surface area (Å²) in [5.41, 5.74) is 1.10. The van der Waals surface area contributed by atoms with Gasteiger partial charge in [0, 0.05) is 24.5 Å². The van der Waals surface area contributed by atoms with Crippen molar-refractivity contribution in [2.75, 3.05) is 27.2 Å². The number of Topliss-reactive ketones (excluding diaryl/α,β-unsaturated/α-hetero) is 1. The van der Waals surface area contributed by atoms with Gasteiger partial charge in [0.2, 0.25) is 0 Å². The lowest BCUT2D eigenvalue weighted by molar-refractivity contribution is -0.117. The van der Waals surface area contributed by atoms with E-state index in [4.69, 9.17) is 16.3 Å². The zero-order chi connectivity index (χ0) is 13.5. The summed E-state index contributed by atoms with van der Waals surface area (Å²) >= 11 is 6.17. The SMILES string of the molecule is COc1ccc(CCN(C)CCC(C)=O)c(Cl)c1. The highest BCUT2D eigenvalue weighted by Crippen LogP contribution is 2.22. The number of ether oxygens (including phenoxy) is 1. The number of hydrogen-bond acceptors (Lipinski definition) is 3. The molecule has 0 aliphatic rings. The minimum Gasteiger partial charge on any atom is -0.497 e. The Morgan fingerprint density at radius 3 is 2.67 bits per heavy atom. The van der Waals surface area contributed by atoms with Gasteiger partial charge in [-0.25, -0.2) is 0 Å². The number of carbonyl (C=O) groups is 1. The minimum absolute atomic E-state index is 0.226. The number of likely N-dealkylation sites (N-methyl/N-ethyl adjacent to an activating group) is 1. The highest BCUT2D eigenvalue weighted by molar-refractivity contribution is 6.31. The molecular weight excluding hydrogens is 250 g/mol. The molecule has 0 fully saturated rings. The molecule has 4 heteroatoms. The van der Waals surface area contributed by atoms with Crippen LogP contribution < -0.4 is 4.74 Å². The summed E-state index contributed by atoms with van der Waals surface area (Å²) in [4.78, 5) is 13.0. The molecule has 0 saturated carbocycles. The van der Waals surface area contributed by atoms with Gasteiger partial charge in [-0.15, -0.1) is 0 Å². The van der Waals surface area contributed by atoms with Gasteiger partial charge in [0.05, 0.1) is 7.11 Å². The summed E-state index contributed by atoms with van der Waals surface area (Å²) < 4.78 is 5.11. The molecule has 0 atom stereocenters. The van der Waals surface area contributed by atoms with E-state index in [9.17, 15) is 4.79 Å². The normalized spacial score (nSPS) is 10.7. The van der Waals surface area contributed by atoms with Crippen molar-refractivity contribution in [3.8, 4) is 5.75 Å². The van der Waals surface area contributed by atoms with E-state index in [2.05, 4.69) is 4.90 Å². The van der Waals surface area contributed by atoms with Crippen LogP contribution in [0.1, 0.15) is 18.9 Å². The lowest BCUT2D eigenvalue weighted by atomic mass is 10.1. The standard InChI is InChI=1S/C14H20ClNO2/c1-11(17)6-8-16(2)9-7-12-4-5-13(18-3)10-14(12)15/h4-5,10H,6-9H2,1-3H3. The zero-order valence-electron chi connectivity index (χ0n) is 11.2. The van der Waals surface area contributed by atoms with Gasteiger partial charge in [0.1, 0.15) is 11.5 Å². The van der Waals surface area contributed by atoms with Gasteiger partial charge in [0.25, 0.3) is 0 Å². The zero-order valence-corrected chi connectivity index (χ0v) is 12.0. The Hall–Kier alpha value is -1.06. The first-order valence-electron chi connectivity index (χ1n) is 6.03. The fourth-order valence-electron chi connectivity index (χ4n) is 1.63. The predicted octanol–water partition coefficient (Wildman–Crippen LogP) is 2.80. The van der Waals surface area contributed by atoms with Crippen LogP contribution in [-0.2, 0) is 11.2 Å². The second kappa shape index (κ2) is 7.39. The van der Waals surface area contributed by atoms with Crippen LogP contribution in [0.2, 0.25) is 5.02 Å². The third kappa shape index (κ3) is 5.07. The number of rotatable bonds is 7. The Labute approximate surface area is 114 Å². The highest BCUT2D eigenvalue weighted by atomic mass is 35.5. The molecule has 0 aliphatic carbocycles. The molecular formula is C14H20ClNO2. The first-order chi connectivity index (χ1) is 8.52. The molecule has 0 unspecified atom stereocenters. The molecule has 0 aliphatic heterocycles. The maximum atomic E-state index is 10.9. The Morgan fingerprint density at radius 1 is 1.39 bits per heavy atom. The molecule has 0 bridgehead atoms. The number of methoxy groups -OCH3 is 1. The number of benzene rings is 1. The summed E-state index contributed by atoms with van der Waals surface area (Å²) in [6.45, 7) is 3.30.